The van der Waals surface area contributed by atoms with E-state index in [2.05, 4.69) is 0 Å². The molecule has 0 amide bonds. The number of para-hydroxylation sites is 2. The van der Waals surface area contributed by atoms with E-state index in [9.17, 15) is 14.5 Å². The Morgan fingerprint density at radius 1 is 1.55 bits per heavy atom. The lowest BCUT2D eigenvalue weighted by atomic mass is 10.2. The Bertz CT molecular complexity index is 470. The van der Waals surface area contributed by atoms with Crippen LogP contribution in [0, 0.1) is 10.1 Å². The summed E-state index contributed by atoms with van der Waals surface area (Å²) in [4.78, 5) is 14.3. The number of benzene rings is 1. The van der Waals surface area contributed by atoms with E-state index < -0.39 is 11.6 Å². The number of ether oxygens (including phenoxy) is 1. The summed E-state index contributed by atoms with van der Waals surface area (Å²) >= 11 is 0. The molecule has 0 aliphatic carbocycles. The van der Waals surface area contributed by atoms with E-state index in [1.54, 1.807) is 30.1 Å². The van der Waals surface area contributed by atoms with Crippen molar-refractivity contribution in [1.29, 1.82) is 0 Å². The van der Waals surface area contributed by atoms with Crippen molar-refractivity contribution in [2.75, 3.05) is 44.9 Å². The third kappa shape index (κ3) is 3.23. The molecule has 1 aromatic carbocycles. The first-order valence-corrected chi connectivity index (χ1v) is 6.49. The van der Waals surface area contributed by atoms with Crippen molar-refractivity contribution in [3.63, 3.8) is 0 Å². The lowest BCUT2D eigenvalue weighted by molar-refractivity contribution is -0.384. The highest BCUT2D eigenvalue weighted by Gasteiger charge is 2.27. The van der Waals surface area contributed by atoms with Crippen molar-refractivity contribution >= 4 is 11.4 Å². The number of hydrogen-bond donors (Lipinski definition) is 0. The first-order valence-electron chi connectivity index (χ1n) is 6.49. The maximum Gasteiger partial charge on any atom is 0.292 e. The SMILES string of the molecule is CN(c1ccccc1[N+](=O)[O-])C1CN(CCF)CCO1. The number of nitro benzene ring substituents is 1. The van der Waals surface area contributed by atoms with Crippen molar-refractivity contribution in [2.45, 2.75) is 6.23 Å². The largest absolute Gasteiger partial charge is 0.356 e. The predicted octanol–water partition coefficient (Wildman–Crippen LogP) is 1.66. The van der Waals surface area contributed by atoms with Crippen LogP contribution in [0.2, 0.25) is 0 Å². The van der Waals surface area contributed by atoms with Gasteiger partial charge in [-0.2, -0.15) is 0 Å². The van der Waals surface area contributed by atoms with Crippen molar-refractivity contribution in [3.05, 3.63) is 34.4 Å². The molecule has 0 saturated carbocycles. The summed E-state index contributed by atoms with van der Waals surface area (Å²) < 4.78 is 18.1. The Kier molecular flexibility index (Phi) is 4.86. The quantitative estimate of drug-likeness (QED) is 0.607. The molecule has 0 spiro atoms. The van der Waals surface area contributed by atoms with Crippen LogP contribution in [-0.4, -0.2) is 56.0 Å². The lowest BCUT2D eigenvalue weighted by Crippen LogP contribution is -2.50. The molecule has 0 radical (unpaired) electrons. The average molecular weight is 283 g/mol. The maximum absolute atomic E-state index is 12.4. The highest BCUT2D eigenvalue weighted by atomic mass is 19.1. The maximum atomic E-state index is 12.4. The smallest absolute Gasteiger partial charge is 0.292 e. The van der Waals surface area contributed by atoms with Crippen LogP contribution in [0.15, 0.2) is 24.3 Å². The highest BCUT2D eigenvalue weighted by Crippen LogP contribution is 2.28. The van der Waals surface area contributed by atoms with Gasteiger partial charge in [0.05, 0.1) is 11.5 Å². The molecule has 0 N–H and O–H groups in total. The summed E-state index contributed by atoms with van der Waals surface area (Å²) in [6, 6.07) is 6.54. The van der Waals surface area contributed by atoms with Crippen LogP contribution in [0.5, 0.6) is 0 Å². The predicted molar refractivity (Wildman–Crippen MR) is 73.7 cm³/mol. The Hall–Kier alpha value is -1.73. The van der Waals surface area contributed by atoms with Crippen LogP contribution in [-0.2, 0) is 4.74 Å². The third-order valence-electron chi connectivity index (χ3n) is 3.42. The van der Waals surface area contributed by atoms with E-state index in [-0.39, 0.29) is 11.9 Å². The van der Waals surface area contributed by atoms with E-state index >= 15 is 0 Å². The number of nitrogens with zero attached hydrogens (tertiary/aromatic N) is 3. The van der Waals surface area contributed by atoms with Gasteiger partial charge in [0, 0.05) is 32.7 Å². The summed E-state index contributed by atoms with van der Waals surface area (Å²) in [5.41, 5.74) is 0.547. The Morgan fingerprint density at radius 3 is 3.00 bits per heavy atom. The van der Waals surface area contributed by atoms with Gasteiger partial charge in [-0.3, -0.25) is 15.0 Å². The highest BCUT2D eigenvalue weighted by molar-refractivity contribution is 5.62. The van der Waals surface area contributed by atoms with Gasteiger partial charge in [0.25, 0.3) is 5.69 Å². The molecule has 0 bridgehead atoms. The van der Waals surface area contributed by atoms with E-state index in [1.165, 1.54) is 6.07 Å². The van der Waals surface area contributed by atoms with Crippen molar-refractivity contribution < 1.29 is 14.1 Å². The molecular formula is C13H18FN3O3. The van der Waals surface area contributed by atoms with Gasteiger partial charge in [0.2, 0.25) is 0 Å². The van der Waals surface area contributed by atoms with Crippen LogP contribution >= 0.6 is 0 Å². The van der Waals surface area contributed by atoms with Crippen LogP contribution in [0.1, 0.15) is 0 Å². The van der Waals surface area contributed by atoms with Crippen molar-refractivity contribution in [1.82, 2.24) is 4.90 Å². The van der Waals surface area contributed by atoms with Gasteiger partial charge in [-0.25, -0.2) is 4.39 Å². The van der Waals surface area contributed by atoms with Gasteiger partial charge in [-0.15, -0.1) is 0 Å². The molecule has 1 aliphatic heterocycles. The fraction of sp³-hybridized carbons (Fsp3) is 0.538. The molecule has 2 rings (SSSR count). The molecule has 1 aliphatic rings. The molecule has 1 saturated heterocycles. The van der Waals surface area contributed by atoms with Gasteiger partial charge < -0.3 is 9.64 Å². The molecule has 20 heavy (non-hydrogen) atoms. The molecule has 1 fully saturated rings. The molecule has 0 aromatic heterocycles. The molecule has 6 nitrogen and oxygen atoms in total. The second-order valence-electron chi connectivity index (χ2n) is 4.67. The second kappa shape index (κ2) is 6.62. The first kappa shape index (κ1) is 14.7. The van der Waals surface area contributed by atoms with E-state index in [1.807, 2.05) is 4.90 Å². The summed E-state index contributed by atoms with van der Waals surface area (Å²) in [6.45, 7) is 1.68. The molecule has 1 heterocycles. The molecule has 7 heteroatoms. The molecular weight excluding hydrogens is 265 g/mol. The van der Waals surface area contributed by atoms with Gasteiger partial charge >= 0.3 is 0 Å². The first-order chi connectivity index (χ1) is 9.63. The number of nitro groups is 1. The Morgan fingerprint density at radius 2 is 2.30 bits per heavy atom. The zero-order chi connectivity index (χ0) is 14.5. The number of rotatable bonds is 5. The number of hydrogen-bond acceptors (Lipinski definition) is 5. The van der Waals surface area contributed by atoms with Crippen molar-refractivity contribution in [3.8, 4) is 0 Å². The zero-order valence-electron chi connectivity index (χ0n) is 11.4. The Balaban J connectivity index is 2.14. The van der Waals surface area contributed by atoms with Gasteiger partial charge in [-0.1, -0.05) is 12.1 Å². The van der Waals surface area contributed by atoms with Gasteiger partial charge in [0.1, 0.15) is 18.6 Å². The average Bonchev–Trinajstić information content (AvgIpc) is 2.47. The number of halogens is 1. The minimum absolute atomic E-state index is 0.0428. The fourth-order valence-electron chi connectivity index (χ4n) is 2.31. The van der Waals surface area contributed by atoms with Gasteiger partial charge in [-0.05, 0) is 6.07 Å². The fourth-order valence-corrected chi connectivity index (χ4v) is 2.31. The topological polar surface area (TPSA) is 58.8 Å². The number of anilines is 1. The molecule has 110 valence electrons. The summed E-state index contributed by atoms with van der Waals surface area (Å²) in [6.07, 6.45) is -0.309. The van der Waals surface area contributed by atoms with Crippen LogP contribution in [0.3, 0.4) is 0 Å². The minimum Gasteiger partial charge on any atom is -0.356 e. The summed E-state index contributed by atoms with van der Waals surface area (Å²) in [5, 5.41) is 11.1. The standard InChI is InChI=1S/C13H18FN3O3/c1-15(11-4-2-3-5-12(11)17(18)19)13-10-16(7-6-14)8-9-20-13/h2-5,13H,6-10H2,1H3. The molecule has 1 unspecified atom stereocenters. The van der Waals surface area contributed by atoms with E-state index in [0.717, 1.165) is 0 Å². The Labute approximate surface area is 116 Å². The van der Waals surface area contributed by atoms with Gasteiger partial charge in [0.15, 0.2) is 0 Å². The minimum atomic E-state index is -0.409. The normalized spacial score (nSPS) is 19.8. The summed E-state index contributed by atoms with van der Waals surface area (Å²) in [7, 11) is 1.76. The van der Waals surface area contributed by atoms with Crippen LogP contribution < -0.4 is 4.90 Å². The lowest BCUT2D eigenvalue weighted by Gasteiger charge is -2.37. The summed E-state index contributed by atoms with van der Waals surface area (Å²) in [5.74, 6) is 0. The number of morpholine rings is 1. The monoisotopic (exact) mass is 283 g/mol. The number of likely N-dealkylation sites (N-methyl/N-ethyl adjacent to an activating group) is 1. The molecule has 1 aromatic rings. The van der Waals surface area contributed by atoms with E-state index in [4.69, 9.17) is 4.74 Å². The zero-order valence-corrected chi connectivity index (χ0v) is 11.4. The van der Waals surface area contributed by atoms with E-state index in [0.29, 0.717) is 31.9 Å². The number of alkyl halides is 1. The third-order valence-corrected chi connectivity index (χ3v) is 3.42. The van der Waals surface area contributed by atoms with Crippen LogP contribution in [0.25, 0.3) is 0 Å². The van der Waals surface area contributed by atoms with Crippen LogP contribution in [0.4, 0.5) is 15.8 Å². The van der Waals surface area contributed by atoms with Crippen molar-refractivity contribution in [2.24, 2.45) is 0 Å². The molecule has 1 atom stereocenters. The second-order valence-corrected chi connectivity index (χ2v) is 4.67.